The Hall–Kier alpha value is -2.04. The summed E-state index contributed by atoms with van der Waals surface area (Å²) < 4.78 is 0. The summed E-state index contributed by atoms with van der Waals surface area (Å²) in [6.07, 6.45) is 0. The average molecular weight is 405 g/mol. The Morgan fingerprint density at radius 2 is 1.67 bits per heavy atom. The van der Waals surface area contributed by atoms with E-state index in [1.54, 1.807) is 28.9 Å². The van der Waals surface area contributed by atoms with Crippen LogP contribution in [0.5, 0.6) is 0 Å². The van der Waals surface area contributed by atoms with Gasteiger partial charge in [0.15, 0.2) is 0 Å². The fourth-order valence-corrected chi connectivity index (χ4v) is 3.51. The molecule has 0 fully saturated rings. The van der Waals surface area contributed by atoms with Crippen molar-refractivity contribution < 1.29 is 9.59 Å². The summed E-state index contributed by atoms with van der Waals surface area (Å²) >= 11 is 12.1. The molecule has 2 aromatic carbocycles. The van der Waals surface area contributed by atoms with E-state index in [1.807, 2.05) is 51.1 Å². The van der Waals surface area contributed by atoms with Gasteiger partial charge in [0.25, 0.3) is 0 Å². The molecule has 0 aliphatic carbocycles. The van der Waals surface area contributed by atoms with E-state index in [0.29, 0.717) is 22.3 Å². The summed E-state index contributed by atoms with van der Waals surface area (Å²) in [5.41, 5.74) is 1.73. The van der Waals surface area contributed by atoms with E-state index in [0.717, 1.165) is 11.3 Å². The van der Waals surface area contributed by atoms with Gasteiger partial charge < -0.3 is 4.90 Å². The standard InChI is InChI=1S/C21H22Cl2N2O2/c1-13-19(26)24(12-14-9-10-15(22)16(23)11-14)17-7-5-6-8-18(17)25(13)20(27)21(2,3)4/h5-11,13H,12H2,1-4H3. The van der Waals surface area contributed by atoms with Crippen LogP contribution >= 0.6 is 23.2 Å². The van der Waals surface area contributed by atoms with Crippen molar-refractivity contribution in [1.82, 2.24) is 0 Å². The molecule has 0 radical (unpaired) electrons. The third-order valence-corrected chi connectivity index (χ3v) is 5.37. The zero-order valence-electron chi connectivity index (χ0n) is 15.8. The first-order valence-corrected chi connectivity index (χ1v) is 9.55. The molecule has 4 nitrogen and oxygen atoms in total. The van der Waals surface area contributed by atoms with E-state index in [4.69, 9.17) is 23.2 Å². The molecule has 0 aromatic heterocycles. The molecule has 0 bridgehead atoms. The molecule has 0 saturated carbocycles. The van der Waals surface area contributed by atoms with E-state index in [-0.39, 0.29) is 11.8 Å². The van der Waals surface area contributed by atoms with E-state index in [9.17, 15) is 9.59 Å². The molecule has 2 aromatic rings. The molecular weight excluding hydrogens is 383 g/mol. The molecule has 1 unspecified atom stereocenters. The van der Waals surface area contributed by atoms with Gasteiger partial charge in [0.05, 0.1) is 28.0 Å². The highest BCUT2D eigenvalue weighted by Gasteiger charge is 2.41. The molecule has 1 aliphatic heterocycles. The van der Waals surface area contributed by atoms with Crippen molar-refractivity contribution in [3.05, 3.63) is 58.1 Å². The maximum atomic E-state index is 13.2. The van der Waals surface area contributed by atoms with E-state index in [1.165, 1.54) is 0 Å². The van der Waals surface area contributed by atoms with Gasteiger partial charge in [-0.2, -0.15) is 0 Å². The molecule has 1 heterocycles. The fourth-order valence-electron chi connectivity index (χ4n) is 3.19. The highest BCUT2D eigenvalue weighted by atomic mass is 35.5. The highest BCUT2D eigenvalue weighted by Crippen LogP contribution is 2.39. The highest BCUT2D eigenvalue weighted by molar-refractivity contribution is 6.42. The van der Waals surface area contributed by atoms with Gasteiger partial charge in [0.2, 0.25) is 11.8 Å². The number of rotatable bonds is 2. The van der Waals surface area contributed by atoms with E-state index >= 15 is 0 Å². The van der Waals surface area contributed by atoms with Crippen LogP contribution < -0.4 is 9.80 Å². The molecular formula is C21H22Cl2N2O2. The average Bonchev–Trinajstić information content (AvgIpc) is 2.61. The first-order valence-electron chi connectivity index (χ1n) is 8.79. The smallest absolute Gasteiger partial charge is 0.250 e. The second kappa shape index (κ2) is 7.17. The predicted octanol–water partition coefficient (Wildman–Crippen LogP) is 5.31. The van der Waals surface area contributed by atoms with Gasteiger partial charge in [-0.25, -0.2) is 0 Å². The van der Waals surface area contributed by atoms with Gasteiger partial charge in [-0.15, -0.1) is 0 Å². The number of carbonyl (C=O) groups is 2. The van der Waals surface area contributed by atoms with Gasteiger partial charge in [0.1, 0.15) is 6.04 Å². The first kappa shape index (κ1) is 19.7. The Labute approximate surface area is 169 Å². The van der Waals surface area contributed by atoms with Crippen molar-refractivity contribution in [1.29, 1.82) is 0 Å². The fraction of sp³-hybridized carbons (Fsp3) is 0.333. The third kappa shape index (κ3) is 3.69. The number of carbonyl (C=O) groups excluding carboxylic acids is 2. The van der Waals surface area contributed by atoms with E-state index in [2.05, 4.69) is 0 Å². The van der Waals surface area contributed by atoms with Gasteiger partial charge in [0, 0.05) is 5.41 Å². The number of halogens is 2. The van der Waals surface area contributed by atoms with Crippen LogP contribution in [-0.2, 0) is 16.1 Å². The van der Waals surface area contributed by atoms with Crippen LogP contribution in [0.25, 0.3) is 0 Å². The van der Waals surface area contributed by atoms with Gasteiger partial charge in [-0.1, -0.05) is 62.2 Å². The largest absolute Gasteiger partial charge is 0.304 e. The number of para-hydroxylation sites is 2. The van der Waals surface area contributed by atoms with Crippen LogP contribution in [0.3, 0.4) is 0 Å². The van der Waals surface area contributed by atoms with Crippen molar-refractivity contribution in [2.24, 2.45) is 5.41 Å². The van der Waals surface area contributed by atoms with Crippen LogP contribution in [0, 0.1) is 5.41 Å². The molecule has 27 heavy (non-hydrogen) atoms. The Morgan fingerprint density at radius 3 is 2.26 bits per heavy atom. The lowest BCUT2D eigenvalue weighted by Crippen LogP contribution is -2.56. The van der Waals surface area contributed by atoms with Crippen molar-refractivity contribution in [2.45, 2.75) is 40.3 Å². The quantitative estimate of drug-likeness (QED) is 0.680. The molecule has 3 rings (SSSR count). The lowest BCUT2D eigenvalue weighted by Gasteiger charge is -2.42. The Morgan fingerprint density at radius 1 is 1.04 bits per heavy atom. The summed E-state index contributed by atoms with van der Waals surface area (Å²) in [6.45, 7) is 7.70. The van der Waals surface area contributed by atoms with Crippen molar-refractivity contribution in [3.8, 4) is 0 Å². The minimum absolute atomic E-state index is 0.0787. The SMILES string of the molecule is CC1C(=O)N(Cc2ccc(Cl)c(Cl)c2)c2ccccc2N1C(=O)C(C)(C)C. The van der Waals surface area contributed by atoms with Crippen molar-refractivity contribution in [3.63, 3.8) is 0 Å². The third-order valence-electron chi connectivity index (χ3n) is 4.63. The number of hydrogen-bond donors (Lipinski definition) is 0. The van der Waals surface area contributed by atoms with Gasteiger partial charge in [-0.05, 0) is 36.8 Å². The van der Waals surface area contributed by atoms with Gasteiger partial charge >= 0.3 is 0 Å². The summed E-state index contributed by atoms with van der Waals surface area (Å²) in [7, 11) is 0. The van der Waals surface area contributed by atoms with Crippen LogP contribution in [0.15, 0.2) is 42.5 Å². The molecule has 0 N–H and O–H groups in total. The lowest BCUT2D eigenvalue weighted by atomic mass is 9.92. The first-order chi connectivity index (χ1) is 12.6. The summed E-state index contributed by atoms with van der Waals surface area (Å²) in [5.74, 6) is -0.206. The molecule has 2 amide bonds. The maximum Gasteiger partial charge on any atom is 0.250 e. The molecule has 0 spiro atoms. The summed E-state index contributed by atoms with van der Waals surface area (Å²) in [6, 6.07) is 12.2. The molecule has 6 heteroatoms. The lowest BCUT2D eigenvalue weighted by molar-refractivity contribution is -0.129. The number of anilines is 2. The predicted molar refractivity (Wildman–Crippen MR) is 110 cm³/mol. The minimum atomic E-state index is -0.590. The Kier molecular flexibility index (Phi) is 5.24. The second-order valence-electron chi connectivity index (χ2n) is 7.76. The Bertz CT molecular complexity index is 905. The summed E-state index contributed by atoms with van der Waals surface area (Å²) in [5, 5.41) is 0.922. The van der Waals surface area contributed by atoms with Crippen molar-refractivity contribution in [2.75, 3.05) is 9.80 Å². The molecule has 0 saturated heterocycles. The number of amides is 2. The minimum Gasteiger partial charge on any atom is -0.304 e. The molecule has 1 aliphatic rings. The molecule has 142 valence electrons. The number of fused-ring (bicyclic) bond motifs is 1. The van der Waals surface area contributed by atoms with Crippen molar-refractivity contribution >= 4 is 46.4 Å². The number of nitrogens with zero attached hydrogens (tertiary/aromatic N) is 2. The monoisotopic (exact) mass is 404 g/mol. The zero-order valence-corrected chi connectivity index (χ0v) is 17.3. The molecule has 1 atom stereocenters. The van der Waals surface area contributed by atoms with E-state index < -0.39 is 11.5 Å². The number of hydrogen-bond acceptors (Lipinski definition) is 2. The number of benzene rings is 2. The van der Waals surface area contributed by atoms with Crippen LogP contribution in [0.4, 0.5) is 11.4 Å². The Balaban J connectivity index is 2.04. The topological polar surface area (TPSA) is 40.6 Å². The summed E-state index contributed by atoms with van der Waals surface area (Å²) in [4.78, 5) is 29.5. The zero-order chi connectivity index (χ0) is 19.9. The van der Waals surface area contributed by atoms with Crippen LogP contribution in [0.1, 0.15) is 33.3 Å². The second-order valence-corrected chi connectivity index (χ2v) is 8.58. The van der Waals surface area contributed by atoms with Crippen LogP contribution in [-0.4, -0.2) is 17.9 Å². The maximum absolute atomic E-state index is 13.2. The van der Waals surface area contributed by atoms with Gasteiger partial charge in [-0.3, -0.25) is 14.5 Å². The normalized spacial score (nSPS) is 17.1. The van der Waals surface area contributed by atoms with Crippen LogP contribution in [0.2, 0.25) is 10.0 Å².